The molecule has 2 nitrogen and oxygen atoms in total. The molecule has 0 atom stereocenters. The Kier molecular flexibility index (Phi) is 2.02. The highest BCUT2D eigenvalue weighted by atomic mass is 19.1. The predicted octanol–water partition coefficient (Wildman–Crippen LogP) is 3.06. The molecule has 0 bridgehead atoms. The van der Waals surface area contributed by atoms with E-state index in [4.69, 9.17) is 0 Å². The number of imidazole rings is 1. The van der Waals surface area contributed by atoms with Gasteiger partial charge in [-0.15, -0.1) is 0 Å². The summed E-state index contributed by atoms with van der Waals surface area (Å²) in [6.07, 6.45) is 0. The van der Waals surface area contributed by atoms with E-state index in [-0.39, 0.29) is 11.9 Å². The van der Waals surface area contributed by atoms with Crippen LogP contribution in [-0.4, -0.2) is 9.55 Å². The zero-order chi connectivity index (χ0) is 10.3. The third-order valence-electron chi connectivity index (χ3n) is 2.35. The standard InChI is InChI=1S/C11H13FN2/c1-7(2)14-8(3)13-10-6-4-5-9(12)11(10)14/h4-7H,1-3H3. The number of aromatic nitrogens is 2. The van der Waals surface area contributed by atoms with Gasteiger partial charge in [-0.05, 0) is 32.9 Å². The van der Waals surface area contributed by atoms with Gasteiger partial charge < -0.3 is 4.57 Å². The van der Waals surface area contributed by atoms with E-state index < -0.39 is 0 Å². The molecule has 0 unspecified atom stereocenters. The topological polar surface area (TPSA) is 17.8 Å². The van der Waals surface area contributed by atoms with Crippen LogP contribution in [0.1, 0.15) is 25.7 Å². The predicted molar refractivity (Wildman–Crippen MR) is 54.8 cm³/mol. The minimum Gasteiger partial charge on any atom is -0.323 e. The molecule has 0 amide bonds. The number of nitrogens with zero attached hydrogens (tertiary/aromatic N) is 2. The SMILES string of the molecule is Cc1nc2cccc(F)c2n1C(C)C. The Labute approximate surface area is 82.4 Å². The molecule has 1 aromatic carbocycles. The van der Waals surface area contributed by atoms with Crippen LogP contribution in [-0.2, 0) is 0 Å². The maximum Gasteiger partial charge on any atom is 0.149 e. The van der Waals surface area contributed by atoms with Gasteiger partial charge in [0, 0.05) is 6.04 Å². The van der Waals surface area contributed by atoms with Crippen molar-refractivity contribution in [2.75, 3.05) is 0 Å². The Morgan fingerprint density at radius 1 is 1.36 bits per heavy atom. The van der Waals surface area contributed by atoms with Crippen LogP contribution in [0.3, 0.4) is 0 Å². The number of fused-ring (bicyclic) bond motifs is 1. The van der Waals surface area contributed by atoms with Crippen LogP contribution in [0.5, 0.6) is 0 Å². The smallest absolute Gasteiger partial charge is 0.149 e. The highest BCUT2D eigenvalue weighted by molar-refractivity contribution is 5.76. The van der Waals surface area contributed by atoms with Crippen LogP contribution in [0.4, 0.5) is 4.39 Å². The Balaban J connectivity index is 2.86. The minimum atomic E-state index is -0.197. The first-order valence-corrected chi connectivity index (χ1v) is 4.74. The molecule has 3 heteroatoms. The number of halogens is 1. The normalized spacial score (nSPS) is 11.5. The van der Waals surface area contributed by atoms with Gasteiger partial charge in [0.25, 0.3) is 0 Å². The monoisotopic (exact) mass is 192 g/mol. The Morgan fingerprint density at radius 3 is 2.71 bits per heavy atom. The van der Waals surface area contributed by atoms with Crippen molar-refractivity contribution >= 4 is 11.0 Å². The van der Waals surface area contributed by atoms with Gasteiger partial charge in [0.2, 0.25) is 0 Å². The number of hydrogen-bond donors (Lipinski definition) is 0. The molecule has 1 heterocycles. The highest BCUT2D eigenvalue weighted by Gasteiger charge is 2.12. The Morgan fingerprint density at radius 2 is 2.07 bits per heavy atom. The fourth-order valence-electron chi connectivity index (χ4n) is 1.85. The first-order chi connectivity index (χ1) is 6.61. The summed E-state index contributed by atoms with van der Waals surface area (Å²) in [5.41, 5.74) is 1.34. The summed E-state index contributed by atoms with van der Waals surface area (Å²) in [6, 6.07) is 5.23. The Bertz CT molecular complexity index is 471. The second kappa shape index (κ2) is 3.08. The zero-order valence-corrected chi connectivity index (χ0v) is 8.58. The lowest BCUT2D eigenvalue weighted by atomic mass is 10.3. The maximum atomic E-state index is 13.6. The molecule has 0 saturated heterocycles. The molecule has 14 heavy (non-hydrogen) atoms. The molecule has 0 fully saturated rings. The van der Waals surface area contributed by atoms with Crippen molar-refractivity contribution in [2.24, 2.45) is 0 Å². The summed E-state index contributed by atoms with van der Waals surface area (Å²) < 4.78 is 15.5. The molecular weight excluding hydrogens is 179 g/mol. The fourth-order valence-corrected chi connectivity index (χ4v) is 1.85. The third-order valence-corrected chi connectivity index (χ3v) is 2.35. The molecule has 0 aliphatic rings. The second-order valence-corrected chi connectivity index (χ2v) is 3.73. The molecule has 0 saturated carbocycles. The van der Waals surface area contributed by atoms with Gasteiger partial charge in [-0.2, -0.15) is 0 Å². The first kappa shape index (κ1) is 9.19. The lowest BCUT2D eigenvalue weighted by Crippen LogP contribution is -2.03. The first-order valence-electron chi connectivity index (χ1n) is 4.74. The third kappa shape index (κ3) is 1.20. The van der Waals surface area contributed by atoms with Crippen molar-refractivity contribution in [1.29, 1.82) is 0 Å². The van der Waals surface area contributed by atoms with Gasteiger partial charge in [-0.1, -0.05) is 6.07 Å². The summed E-state index contributed by atoms with van der Waals surface area (Å²) >= 11 is 0. The van der Waals surface area contributed by atoms with E-state index in [1.165, 1.54) is 6.07 Å². The van der Waals surface area contributed by atoms with Gasteiger partial charge in [0.05, 0.1) is 5.52 Å². The summed E-state index contributed by atoms with van der Waals surface area (Å²) in [7, 11) is 0. The molecule has 74 valence electrons. The highest BCUT2D eigenvalue weighted by Crippen LogP contribution is 2.22. The van der Waals surface area contributed by atoms with E-state index >= 15 is 0 Å². The molecule has 1 aromatic heterocycles. The summed E-state index contributed by atoms with van der Waals surface area (Å²) in [4.78, 5) is 4.32. The van der Waals surface area contributed by atoms with Crippen LogP contribution < -0.4 is 0 Å². The van der Waals surface area contributed by atoms with E-state index in [1.54, 1.807) is 6.07 Å². The molecule has 0 N–H and O–H groups in total. The average molecular weight is 192 g/mol. The number of benzene rings is 1. The van der Waals surface area contributed by atoms with E-state index in [2.05, 4.69) is 4.98 Å². The molecule has 0 aliphatic carbocycles. The van der Waals surface area contributed by atoms with E-state index in [0.29, 0.717) is 5.52 Å². The second-order valence-electron chi connectivity index (χ2n) is 3.73. The van der Waals surface area contributed by atoms with Crippen molar-refractivity contribution < 1.29 is 4.39 Å². The number of aryl methyl sites for hydroxylation is 1. The number of hydrogen-bond acceptors (Lipinski definition) is 1. The van der Waals surface area contributed by atoms with E-state index in [0.717, 1.165) is 11.3 Å². The van der Waals surface area contributed by atoms with Gasteiger partial charge >= 0.3 is 0 Å². The van der Waals surface area contributed by atoms with Crippen molar-refractivity contribution in [3.05, 3.63) is 29.8 Å². The fraction of sp³-hybridized carbons (Fsp3) is 0.364. The Hall–Kier alpha value is -1.38. The van der Waals surface area contributed by atoms with Gasteiger partial charge in [0.15, 0.2) is 0 Å². The van der Waals surface area contributed by atoms with Gasteiger partial charge in [-0.3, -0.25) is 0 Å². The molecule has 2 rings (SSSR count). The van der Waals surface area contributed by atoms with E-state index in [9.17, 15) is 4.39 Å². The lowest BCUT2D eigenvalue weighted by Gasteiger charge is -2.10. The van der Waals surface area contributed by atoms with Crippen LogP contribution >= 0.6 is 0 Å². The lowest BCUT2D eigenvalue weighted by molar-refractivity contribution is 0.575. The van der Waals surface area contributed by atoms with Crippen molar-refractivity contribution in [3.8, 4) is 0 Å². The zero-order valence-electron chi connectivity index (χ0n) is 8.58. The van der Waals surface area contributed by atoms with Gasteiger partial charge in [0.1, 0.15) is 17.2 Å². The summed E-state index contributed by atoms with van der Waals surface area (Å²) in [5.74, 6) is 0.664. The van der Waals surface area contributed by atoms with Crippen LogP contribution in [0.15, 0.2) is 18.2 Å². The minimum absolute atomic E-state index is 0.197. The number of rotatable bonds is 1. The van der Waals surface area contributed by atoms with Crippen LogP contribution in [0, 0.1) is 12.7 Å². The molecular formula is C11H13FN2. The molecule has 0 spiro atoms. The molecule has 0 aliphatic heterocycles. The van der Waals surface area contributed by atoms with Crippen molar-refractivity contribution in [1.82, 2.24) is 9.55 Å². The molecule has 0 radical (unpaired) electrons. The van der Waals surface area contributed by atoms with E-state index in [1.807, 2.05) is 31.4 Å². The van der Waals surface area contributed by atoms with Gasteiger partial charge in [-0.25, -0.2) is 9.37 Å². The quantitative estimate of drug-likeness (QED) is 0.679. The van der Waals surface area contributed by atoms with Crippen LogP contribution in [0.25, 0.3) is 11.0 Å². The summed E-state index contributed by atoms with van der Waals surface area (Å²) in [6.45, 7) is 5.96. The summed E-state index contributed by atoms with van der Waals surface area (Å²) in [5, 5.41) is 0. The molecule has 2 aromatic rings. The average Bonchev–Trinajstić information content (AvgIpc) is 2.42. The van der Waals surface area contributed by atoms with Crippen molar-refractivity contribution in [2.45, 2.75) is 26.8 Å². The maximum absolute atomic E-state index is 13.6. The number of para-hydroxylation sites is 1. The largest absolute Gasteiger partial charge is 0.323 e. The van der Waals surface area contributed by atoms with Crippen LogP contribution in [0.2, 0.25) is 0 Å². The van der Waals surface area contributed by atoms with Crippen molar-refractivity contribution in [3.63, 3.8) is 0 Å².